The molecule has 0 saturated carbocycles. The number of halogens is 1. The van der Waals surface area contributed by atoms with Gasteiger partial charge in [0.15, 0.2) is 0 Å². The lowest BCUT2D eigenvalue weighted by molar-refractivity contribution is 0.491. The zero-order valence-corrected chi connectivity index (χ0v) is 10.8. The number of benzene rings is 1. The summed E-state index contributed by atoms with van der Waals surface area (Å²) in [4.78, 5) is 0. The molecule has 0 aliphatic carbocycles. The highest BCUT2D eigenvalue weighted by Crippen LogP contribution is 2.23. The van der Waals surface area contributed by atoms with Crippen LogP contribution in [-0.4, -0.2) is 9.78 Å². The summed E-state index contributed by atoms with van der Waals surface area (Å²) in [7, 11) is 1.90. The van der Waals surface area contributed by atoms with Crippen LogP contribution in [0.5, 0.6) is 0 Å². The van der Waals surface area contributed by atoms with Gasteiger partial charge in [0.25, 0.3) is 0 Å². The molecule has 0 spiro atoms. The summed E-state index contributed by atoms with van der Waals surface area (Å²) in [5.74, 6) is 0. The molecule has 0 aliphatic heterocycles. The van der Waals surface area contributed by atoms with Crippen LogP contribution in [0.3, 0.4) is 0 Å². The van der Waals surface area contributed by atoms with E-state index in [1.54, 1.807) is 4.68 Å². The Kier molecular flexibility index (Phi) is 3.22. The van der Waals surface area contributed by atoms with Crippen molar-refractivity contribution in [2.75, 3.05) is 0 Å². The monoisotopic (exact) mass is 249 g/mol. The molecule has 2 N–H and O–H groups in total. The molecule has 90 valence electrons. The van der Waals surface area contributed by atoms with E-state index >= 15 is 0 Å². The van der Waals surface area contributed by atoms with Gasteiger partial charge in [0, 0.05) is 23.8 Å². The van der Waals surface area contributed by atoms with Crippen LogP contribution in [0.1, 0.15) is 18.1 Å². The van der Waals surface area contributed by atoms with Gasteiger partial charge < -0.3 is 5.73 Å². The van der Waals surface area contributed by atoms with E-state index in [0.29, 0.717) is 0 Å². The summed E-state index contributed by atoms with van der Waals surface area (Å²) in [6.07, 6.45) is 4.59. The summed E-state index contributed by atoms with van der Waals surface area (Å²) in [5.41, 5.74) is 8.15. The van der Waals surface area contributed by atoms with Crippen molar-refractivity contribution in [1.82, 2.24) is 9.78 Å². The molecular weight excluding hydrogens is 234 g/mol. The van der Waals surface area contributed by atoms with Crippen molar-refractivity contribution in [1.29, 1.82) is 0 Å². The number of nitrogens with zero attached hydrogens (tertiary/aromatic N) is 2. The van der Waals surface area contributed by atoms with E-state index in [-0.39, 0.29) is 0 Å². The van der Waals surface area contributed by atoms with Crippen molar-refractivity contribution >= 4 is 11.6 Å². The Hall–Kier alpha value is -1.32. The average Bonchev–Trinajstić information content (AvgIpc) is 2.63. The molecule has 2 rings (SSSR count). The van der Waals surface area contributed by atoms with Crippen molar-refractivity contribution in [3.8, 4) is 0 Å². The maximum atomic E-state index is 6.35. The molecule has 0 amide bonds. The van der Waals surface area contributed by atoms with Crippen LogP contribution in [0.2, 0.25) is 5.02 Å². The Labute approximate surface area is 106 Å². The van der Waals surface area contributed by atoms with Gasteiger partial charge in [0.1, 0.15) is 0 Å². The summed E-state index contributed by atoms with van der Waals surface area (Å²) < 4.78 is 1.78. The van der Waals surface area contributed by atoms with Crippen molar-refractivity contribution < 1.29 is 0 Å². The van der Waals surface area contributed by atoms with E-state index in [0.717, 1.165) is 22.6 Å². The molecule has 0 aliphatic rings. The fourth-order valence-electron chi connectivity index (χ4n) is 1.92. The third-order valence-corrected chi connectivity index (χ3v) is 3.09. The molecule has 2 aromatic rings. The molecule has 0 fully saturated rings. The van der Waals surface area contributed by atoms with Gasteiger partial charge in [-0.3, -0.25) is 4.68 Å². The third-order valence-electron chi connectivity index (χ3n) is 2.83. The summed E-state index contributed by atoms with van der Waals surface area (Å²) in [5, 5.41) is 4.88. The van der Waals surface area contributed by atoms with Crippen molar-refractivity contribution in [2.24, 2.45) is 12.8 Å². The van der Waals surface area contributed by atoms with E-state index in [1.807, 2.05) is 50.6 Å². The average molecular weight is 250 g/mol. The lowest BCUT2D eigenvalue weighted by atomic mass is 9.88. The second kappa shape index (κ2) is 4.51. The number of rotatable bonds is 3. The standard InChI is InChI=1S/C13H16ClN3/c1-13(15,7-10-8-16-17(2)9-10)11-3-5-12(14)6-4-11/h3-6,8-9H,7,15H2,1-2H3. The Bertz CT molecular complexity index is 500. The minimum Gasteiger partial charge on any atom is -0.321 e. The van der Waals surface area contributed by atoms with E-state index in [4.69, 9.17) is 17.3 Å². The van der Waals surface area contributed by atoms with Gasteiger partial charge in [-0.25, -0.2) is 0 Å². The molecule has 0 radical (unpaired) electrons. The SMILES string of the molecule is Cn1cc(CC(C)(N)c2ccc(Cl)cc2)cn1. The fourth-order valence-corrected chi connectivity index (χ4v) is 2.05. The van der Waals surface area contributed by atoms with Crippen LogP contribution < -0.4 is 5.73 Å². The molecule has 3 nitrogen and oxygen atoms in total. The van der Waals surface area contributed by atoms with Crippen molar-refractivity contribution in [3.63, 3.8) is 0 Å². The van der Waals surface area contributed by atoms with E-state index in [1.165, 1.54) is 0 Å². The van der Waals surface area contributed by atoms with E-state index in [9.17, 15) is 0 Å². The Morgan fingerprint density at radius 1 is 1.35 bits per heavy atom. The molecular formula is C13H16ClN3. The van der Waals surface area contributed by atoms with Crippen LogP contribution in [0, 0.1) is 0 Å². The highest BCUT2D eigenvalue weighted by molar-refractivity contribution is 6.30. The van der Waals surface area contributed by atoms with Gasteiger partial charge in [-0.1, -0.05) is 23.7 Å². The van der Waals surface area contributed by atoms with Crippen LogP contribution in [0.4, 0.5) is 0 Å². The van der Waals surface area contributed by atoms with Gasteiger partial charge in [-0.05, 0) is 36.6 Å². The third kappa shape index (κ3) is 2.87. The highest BCUT2D eigenvalue weighted by atomic mass is 35.5. The van der Waals surface area contributed by atoms with Crippen molar-refractivity contribution in [3.05, 3.63) is 52.8 Å². The number of hydrogen-bond donors (Lipinski definition) is 1. The maximum absolute atomic E-state index is 6.35. The minimum absolute atomic E-state index is 0.409. The first-order valence-corrected chi connectivity index (χ1v) is 5.88. The topological polar surface area (TPSA) is 43.8 Å². The molecule has 17 heavy (non-hydrogen) atoms. The van der Waals surface area contributed by atoms with Crippen LogP contribution >= 0.6 is 11.6 Å². The van der Waals surface area contributed by atoms with Crippen molar-refractivity contribution in [2.45, 2.75) is 18.9 Å². The summed E-state index contributed by atoms with van der Waals surface area (Å²) >= 11 is 5.87. The first kappa shape index (κ1) is 12.1. The highest BCUT2D eigenvalue weighted by Gasteiger charge is 2.22. The number of hydrogen-bond acceptors (Lipinski definition) is 2. The predicted molar refractivity (Wildman–Crippen MR) is 69.9 cm³/mol. The molecule has 4 heteroatoms. The second-order valence-electron chi connectivity index (χ2n) is 4.62. The van der Waals surface area contributed by atoms with E-state index < -0.39 is 5.54 Å². The first-order chi connectivity index (χ1) is 7.97. The van der Waals surface area contributed by atoms with E-state index in [2.05, 4.69) is 5.10 Å². The molecule has 0 saturated heterocycles. The smallest absolute Gasteiger partial charge is 0.0522 e. The molecule has 1 atom stereocenters. The number of nitrogens with two attached hydrogens (primary N) is 1. The van der Waals surface area contributed by atoms with Crippen LogP contribution in [0.15, 0.2) is 36.7 Å². The van der Waals surface area contributed by atoms with Gasteiger partial charge in [0.05, 0.1) is 6.20 Å². The predicted octanol–water partition coefficient (Wildman–Crippen LogP) is 2.49. The van der Waals surface area contributed by atoms with Gasteiger partial charge >= 0.3 is 0 Å². The lowest BCUT2D eigenvalue weighted by Gasteiger charge is -2.24. The maximum Gasteiger partial charge on any atom is 0.0522 e. The zero-order chi connectivity index (χ0) is 12.5. The Morgan fingerprint density at radius 2 is 2.00 bits per heavy atom. The number of aromatic nitrogens is 2. The quantitative estimate of drug-likeness (QED) is 0.908. The Balaban J connectivity index is 2.21. The van der Waals surface area contributed by atoms with Gasteiger partial charge in [-0.2, -0.15) is 5.10 Å². The molecule has 1 unspecified atom stereocenters. The normalized spacial score (nSPS) is 14.6. The first-order valence-electron chi connectivity index (χ1n) is 5.50. The van der Waals surface area contributed by atoms with Gasteiger partial charge in [0.2, 0.25) is 0 Å². The van der Waals surface area contributed by atoms with Crippen LogP contribution in [0.25, 0.3) is 0 Å². The molecule has 1 aromatic heterocycles. The Morgan fingerprint density at radius 3 is 2.53 bits per heavy atom. The summed E-state index contributed by atoms with van der Waals surface area (Å²) in [6.45, 7) is 2.02. The fraction of sp³-hybridized carbons (Fsp3) is 0.308. The molecule has 0 bridgehead atoms. The minimum atomic E-state index is -0.409. The molecule has 1 aromatic carbocycles. The second-order valence-corrected chi connectivity index (χ2v) is 5.06. The summed E-state index contributed by atoms with van der Waals surface area (Å²) in [6, 6.07) is 7.67. The van der Waals surface area contributed by atoms with Crippen LogP contribution in [-0.2, 0) is 19.0 Å². The molecule has 1 heterocycles. The zero-order valence-electron chi connectivity index (χ0n) is 10.0. The lowest BCUT2D eigenvalue weighted by Crippen LogP contribution is -2.35. The largest absolute Gasteiger partial charge is 0.321 e. The van der Waals surface area contributed by atoms with Gasteiger partial charge in [-0.15, -0.1) is 0 Å². The number of aryl methyl sites for hydroxylation is 1.